The summed E-state index contributed by atoms with van der Waals surface area (Å²) in [5.41, 5.74) is 13.2. The number of aryl methyl sites for hydroxylation is 1. The van der Waals surface area contributed by atoms with Gasteiger partial charge in [-0.2, -0.15) is 0 Å². The number of rotatable bonds is 4. The number of aromatic nitrogens is 1. The van der Waals surface area contributed by atoms with E-state index in [1.807, 2.05) is 61.4 Å². The summed E-state index contributed by atoms with van der Waals surface area (Å²) in [7, 11) is 1.95. The Bertz CT molecular complexity index is 1420. The van der Waals surface area contributed by atoms with Gasteiger partial charge in [-0.05, 0) is 80.8 Å². The Morgan fingerprint density at radius 1 is 1.11 bits per heavy atom. The monoisotopic (exact) mass is 524 g/mol. The number of benzene rings is 3. The number of anilines is 2. The van der Waals surface area contributed by atoms with E-state index in [1.54, 1.807) is 32.1 Å². The zero-order chi connectivity index (χ0) is 26.2. The smallest absolute Gasteiger partial charge is 0.307 e. The predicted molar refractivity (Wildman–Crippen MR) is 149 cm³/mol. The molecule has 36 heavy (non-hydrogen) atoms. The molecule has 0 fully saturated rings. The van der Waals surface area contributed by atoms with Gasteiger partial charge in [0.05, 0.1) is 33.6 Å². The molecule has 0 spiro atoms. The van der Waals surface area contributed by atoms with Crippen molar-refractivity contribution < 1.29 is 15.0 Å². The summed E-state index contributed by atoms with van der Waals surface area (Å²) < 4.78 is 0.976. The topological polar surface area (TPSA) is 97.7 Å². The molecule has 188 valence electrons. The molecule has 1 aromatic heterocycles. The van der Waals surface area contributed by atoms with Gasteiger partial charge in [-0.3, -0.25) is 9.80 Å². The van der Waals surface area contributed by atoms with Crippen LogP contribution in [0.3, 0.4) is 0 Å². The van der Waals surface area contributed by atoms with Gasteiger partial charge >= 0.3 is 5.97 Å². The molecule has 0 amide bonds. The number of carboxylic acids is 1. The maximum absolute atomic E-state index is 11.6. The van der Waals surface area contributed by atoms with Crippen molar-refractivity contribution in [3.63, 3.8) is 0 Å². The summed E-state index contributed by atoms with van der Waals surface area (Å²) in [6.45, 7) is 7.17. The van der Waals surface area contributed by atoms with E-state index in [1.165, 1.54) is 0 Å². The quantitative estimate of drug-likeness (QED) is 0.249. The molecule has 9 heteroatoms. The lowest BCUT2D eigenvalue weighted by Crippen LogP contribution is -2.31. The van der Waals surface area contributed by atoms with Crippen molar-refractivity contribution in [3.8, 4) is 21.7 Å². The number of hydrogen-bond acceptors (Lipinski definition) is 7. The lowest BCUT2D eigenvalue weighted by Gasteiger charge is -2.13. The molecular weight excluding hydrogens is 496 g/mol. The molecule has 0 saturated heterocycles. The summed E-state index contributed by atoms with van der Waals surface area (Å²) in [5, 5.41) is 21.5. The van der Waals surface area contributed by atoms with Gasteiger partial charge in [0.2, 0.25) is 0 Å². The van der Waals surface area contributed by atoms with Gasteiger partial charge in [0.1, 0.15) is 5.01 Å². The van der Waals surface area contributed by atoms with Gasteiger partial charge in [-0.1, -0.05) is 23.7 Å². The third-order valence-corrected chi connectivity index (χ3v) is 6.83. The number of thiazole rings is 1. The molecule has 3 aromatic carbocycles. The van der Waals surface area contributed by atoms with E-state index in [0.29, 0.717) is 5.02 Å². The van der Waals surface area contributed by atoms with Crippen LogP contribution < -0.4 is 16.0 Å². The molecule has 0 radical (unpaired) electrons. The number of carbonyl (C=O) groups is 1. The standard InChI is InChI=1S/C23H19ClN4O2S.C4H10O/c1-12-9-18-22(21(16(12)11-20(29)30)13-3-6-15(24)7-4-13)31-23(25-18)14-5-8-17-19(10-14)28(2)27-26-17;1-4(2,3)5/h3-10,26-27H,11H2,1-2H3,(H,29,30);5H,1-3H3. The first kappa shape index (κ1) is 25.9. The lowest BCUT2D eigenvalue weighted by atomic mass is 9.93. The number of nitrogens with zero attached hydrogens (tertiary/aromatic N) is 2. The number of aliphatic carboxylic acids is 1. The summed E-state index contributed by atoms with van der Waals surface area (Å²) in [6, 6.07) is 15.7. The van der Waals surface area contributed by atoms with E-state index >= 15 is 0 Å². The molecule has 0 aliphatic carbocycles. The van der Waals surface area contributed by atoms with Gasteiger partial charge in [-0.15, -0.1) is 16.9 Å². The number of aliphatic hydroxyl groups is 1. The van der Waals surface area contributed by atoms with Crippen molar-refractivity contribution in [1.29, 1.82) is 0 Å². The van der Waals surface area contributed by atoms with Crippen molar-refractivity contribution in [1.82, 2.24) is 10.5 Å². The van der Waals surface area contributed by atoms with Crippen LogP contribution in [0, 0.1) is 6.92 Å². The van der Waals surface area contributed by atoms with Crippen LogP contribution in [0.2, 0.25) is 5.02 Å². The number of hydrogen-bond donors (Lipinski definition) is 4. The van der Waals surface area contributed by atoms with E-state index < -0.39 is 11.6 Å². The van der Waals surface area contributed by atoms with Crippen LogP contribution in [0.4, 0.5) is 11.4 Å². The Morgan fingerprint density at radius 2 is 1.75 bits per heavy atom. The van der Waals surface area contributed by atoms with E-state index in [2.05, 4.69) is 17.0 Å². The first-order valence-corrected chi connectivity index (χ1v) is 12.6. The highest BCUT2D eigenvalue weighted by molar-refractivity contribution is 7.22. The predicted octanol–water partition coefficient (Wildman–Crippen LogP) is 6.28. The summed E-state index contributed by atoms with van der Waals surface area (Å²) in [6.07, 6.45) is -0.0477. The maximum atomic E-state index is 11.6. The van der Waals surface area contributed by atoms with Crippen LogP contribution in [0.5, 0.6) is 0 Å². The number of hydrazine groups is 2. The molecule has 7 nitrogen and oxygen atoms in total. The average molecular weight is 525 g/mol. The SMILES string of the molecule is CC(C)(C)O.Cc1cc2nc(-c3ccc4c(c3)N(C)NN4)sc2c(-c2ccc(Cl)cc2)c1CC(=O)O. The van der Waals surface area contributed by atoms with Crippen molar-refractivity contribution in [2.75, 3.05) is 17.5 Å². The third-order valence-electron chi connectivity index (χ3n) is 5.44. The second kappa shape index (κ2) is 10.1. The number of fused-ring (bicyclic) bond motifs is 2. The van der Waals surface area contributed by atoms with Crippen LogP contribution >= 0.6 is 22.9 Å². The zero-order valence-electron chi connectivity index (χ0n) is 20.8. The minimum absolute atomic E-state index is 0.0477. The molecule has 4 N–H and O–H groups in total. The summed E-state index contributed by atoms with van der Waals surface area (Å²) in [4.78, 5) is 16.5. The number of halogens is 1. The number of nitrogens with one attached hydrogen (secondary N) is 2. The zero-order valence-corrected chi connectivity index (χ0v) is 22.4. The Labute approximate surface area is 219 Å². The minimum atomic E-state index is -0.857. The van der Waals surface area contributed by atoms with E-state index in [-0.39, 0.29) is 6.42 Å². The average Bonchev–Trinajstić information content (AvgIpc) is 3.37. The van der Waals surface area contributed by atoms with Gasteiger partial charge in [0, 0.05) is 23.2 Å². The Morgan fingerprint density at radius 3 is 2.39 bits per heavy atom. The van der Waals surface area contributed by atoms with Gasteiger partial charge < -0.3 is 15.6 Å². The van der Waals surface area contributed by atoms with Crippen molar-refractivity contribution >= 4 is 50.5 Å². The van der Waals surface area contributed by atoms with Crippen LogP contribution in [0.1, 0.15) is 31.9 Å². The second-order valence-corrected chi connectivity index (χ2v) is 11.1. The first-order valence-electron chi connectivity index (χ1n) is 11.4. The summed E-state index contributed by atoms with van der Waals surface area (Å²) >= 11 is 7.67. The highest BCUT2D eigenvalue weighted by atomic mass is 35.5. The fourth-order valence-corrected chi connectivity index (χ4v) is 5.17. The van der Waals surface area contributed by atoms with Gasteiger partial charge in [0.25, 0.3) is 0 Å². The van der Waals surface area contributed by atoms with Crippen LogP contribution in [-0.2, 0) is 11.2 Å². The maximum Gasteiger partial charge on any atom is 0.307 e. The second-order valence-electron chi connectivity index (χ2n) is 9.69. The van der Waals surface area contributed by atoms with Crippen LogP contribution in [0.15, 0.2) is 48.5 Å². The minimum Gasteiger partial charge on any atom is -0.481 e. The Hall–Kier alpha value is -3.17. The lowest BCUT2D eigenvalue weighted by molar-refractivity contribution is -0.136. The van der Waals surface area contributed by atoms with E-state index in [4.69, 9.17) is 21.7 Å². The van der Waals surface area contributed by atoms with Gasteiger partial charge in [-0.25, -0.2) is 4.98 Å². The fourth-order valence-electron chi connectivity index (χ4n) is 3.91. The van der Waals surface area contributed by atoms with Crippen LogP contribution in [0.25, 0.3) is 31.9 Å². The Balaban J connectivity index is 0.000000556. The molecule has 0 unspecified atom stereocenters. The van der Waals surface area contributed by atoms with Crippen molar-refractivity contribution in [2.45, 2.75) is 39.7 Å². The van der Waals surface area contributed by atoms with Crippen LogP contribution in [-0.4, -0.2) is 33.8 Å². The molecule has 0 bridgehead atoms. The molecular formula is C27H29ClN4O3S. The Kier molecular flexibility index (Phi) is 7.24. The van der Waals surface area contributed by atoms with Crippen molar-refractivity contribution in [3.05, 3.63) is 64.7 Å². The molecule has 0 atom stereocenters. The number of carboxylic acid groups (broad SMARTS) is 1. The molecule has 2 heterocycles. The van der Waals surface area contributed by atoms with E-state index in [0.717, 1.165) is 54.4 Å². The molecule has 0 saturated carbocycles. The highest BCUT2D eigenvalue weighted by Crippen LogP contribution is 2.42. The highest BCUT2D eigenvalue weighted by Gasteiger charge is 2.21. The largest absolute Gasteiger partial charge is 0.481 e. The molecule has 1 aliphatic rings. The van der Waals surface area contributed by atoms with E-state index in [9.17, 15) is 9.90 Å². The van der Waals surface area contributed by atoms with Gasteiger partial charge in [0.15, 0.2) is 0 Å². The summed E-state index contributed by atoms with van der Waals surface area (Å²) in [5.74, 6) is -0.857. The molecule has 4 aromatic rings. The third kappa shape index (κ3) is 5.79. The van der Waals surface area contributed by atoms with Crippen molar-refractivity contribution in [2.24, 2.45) is 0 Å². The normalized spacial score (nSPS) is 12.7. The molecule has 5 rings (SSSR count). The fraction of sp³-hybridized carbons (Fsp3) is 0.259. The molecule has 1 aliphatic heterocycles. The first-order chi connectivity index (χ1) is 16.9.